The fraction of sp³-hybridized carbons (Fsp3) is 0.368. The van der Waals surface area contributed by atoms with Gasteiger partial charge in [0.15, 0.2) is 0 Å². The van der Waals surface area contributed by atoms with Crippen molar-refractivity contribution in [3.05, 3.63) is 54.1 Å². The number of hydrogen-bond donors (Lipinski definition) is 1. The number of hydrogen-bond acceptors (Lipinski definition) is 3. The molecule has 0 fully saturated rings. The molecule has 0 aliphatic carbocycles. The summed E-state index contributed by atoms with van der Waals surface area (Å²) in [5.41, 5.74) is 2.31. The Balaban J connectivity index is 1.64. The van der Waals surface area contributed by atoms with Crippen molar-refractivity contribution < 1.29 is 9.47 Å². The van der Waals surface area contributed by atoms with Gasteiger partial charge < -0.3 is 14.8 Å². The maximum absolute atomic E-state index is 5.72. The molecule has 0 aliphatic rings. The van der Waals surface area contributed by atoms with Crippen molar-refractivity contribution in [1.82, 2.24) is 0 Å². The first-order valence-corrected chi connectivity index (χ1v) is 7.94. The monoisotopic (exact) mass is 299 g/mol. The van der Waals surface area contributed by atoms with Crippen LogP contribution in [0.4, 0.5) is 5.69 Å². The first-order valence-electron chi connectivity index (χ1n) is 7.94. The average molecular weight is 299 g/mol. The van der Waals surface area contributed by atoms with E-state index in [-0.39, 0.29) is 0 Å². The Hall–Kier alpha value is -2.16. The molecule has 0 saturated heterocycles. The number of aryl methyl sites for hydroxylation is 1. The normalized spacial score (nSPS) is 10.3. The molecule has 0 bridgehead atoms. The zero-order chi connectivity index (χ0) is 15.6. The molecule has 1 N–H and O–H groups in total. The summed E-state index contributed by atoms with van der Waals surface area (Å²) in [6.45, 7) is 6.43. The van der Waals surface area contributed by atoms with E-state index in [1.165, 1.54) is 5.56 Å². The summed E-state index contributed by atoms with van der Waals surface area (Å²) >= 11 is 0. The first kappa shape index (κ1) is 16.2. The Morgan fingerprint density at radius 1 is 0.909 bits per heavy atom. The third-order valence-electron chi connectivity index (χ3n) is 3.36. The predicted octanol–water partition coefficient (Wildman–Crippen LogP) is 4.66. The number of ether oxygens (including phenoxy) is 2. The summed E-state index contributed by atoms with van der Waals surface area (Å²) < 4.78 is 11.3. The lowest BCUT2D eigenvalue weighted by Gasteiger charge is -2.12. The summed E-state index contributed by atoms with van der Waals surface area (Å²) in [6.07, 6.45) is 2.09. The van der Waals surface area contributed by atoms with E-state index in [1.807, 2.05) is 43.3 Å². The molecule has 118 valence electrons. The number of anilines is 1. The van der Waals surface area contributed by atoms with Crippen LogP contribution < -0.4 is 14.8 Å². The zero-order valence-corrected chi connectivity index (χ0v) is 13.5. The third kappa shape index (κ3) is 5.32. The van der Waals surface area contributed by atoms with E-state index < -0.39 is 0 Å². The van der Waals surface area contributed by atoms with E-state index in [2.05, 4.69) is 24.4 Å². The van der Waals surface area contributed by atoms with Gasteiger partial charge >= 0.3 is 0 Å². The van der Waals surface area contributed by atoms with Crippen molar-refractivity contribution in [2.75, 3.05) is 25.1 Å². The standard InChI is InChI=1S/C19H25NO2/c1-3-21-19-9-5-4-8-18(19)20-14-6-7-15-22-17-12-10-16(2)11-13-17/h4-5,8-13,20H,3,6-7,14-15H2,1-2H3. The van der Waals surface area contributed by atoms with Crippen LogP contribution in [0.3, 0.4) is 0 Å². The Morgan fingerprint density at radius 3 is 2.45 bits per heavy atom. The summed E-state index contributed by atoms with van der Waals surface area (Å²) in [5.74, 6) is 1.86. The van der Waals surface area contributed by atoms with Crippen molar-refractivity contribution in [1.29, 1.82) is 0 Å². The van der Waals surface area contributed by atoms with Gasteiger partial charge in [0.2, 0.25) is 0 Å². The molecule has 3 heteroatoms. The average Bonchev–Trinajstić information content (AvgIpc) is 2.54. The summed E-state index contributed by atoms with van der Waals surface area (Å²) in [4.78, 5) is 0. The van der Waals surface area contributed by atoms with Crippen LogP contribution in [0.5, 0.6) is 11.5 Å². The van der Waals surface area contributed by atoms with Crippen molar-refractivity contribution in [2.24, 2.45) is 0 Å². The van der Waals surface area contributed by atoms with E-state index >= 15 is 0 Å². The van der Waals surface area contributed by atoms with E-state index in [1.54, 1.807) is 0 Å². The number of benzene rings is 2. The Labute approximate surface area is 133 Å². The van der Waals surface area contributed by atoms with Gasteiger partial charge in [0.25, 0.3) is 0 Å². The van der Waals surface area contributed by atoms with Gasteiger partial charge in [0, 0.05) is 6.54 Å². The predicted molar refractivity (Wildman–Crippen MR) is 92.0 cm³/mol. The summed E-state index contributed by atoms with van der Waals surface area (Å²) in [6, 6.07) is 16.2. The maximum atomic E-state index is 5.72. The molecule has 2 aromatic carbocycles. The lowest BCUT2D eigenvalue weighted by atomic mass is 10.2. The van der Waals surface area contributed by atoms with Crippen LogP contribution in [0, 0.1) is 6.92 Å². The molecule has 3 nitrogen and oxygen atoms in total. The first-order chi connectivity index (χ1) is 10.8. The highest BCUT2D eigenvalue weighted by atomic mass is 16.5. The van der Waals surface area contributed by atoms with E-state index in [0.717, 1.165) is 43.2 Å². The molecule has 0 saturated carbocycles. The highest BCUT2D eigenvalue weighted by Crippen LogP contribution is 2.23. The highest BCUT2D eigenvalue weighted by Gasteiger charge is 2.01. The van der Waals surface area contributed by atoms with Gasteiger partial charge in [-0.05, 0) is 51.0 Å². The minimum absolute atomic E-state index is 0.684. The minimum atomic E-state index is 0.684. The van der Waals surface area contributed by atoms with Crippen LogP contribution in [0.25, 0.3) is 0 Å². The second-order valence-corrected chi connectivity index (χ2v) is 5.22. The van der Waals surface area contributed by atoms with Crippen molar-refractivity contribution in [3.8, 4) is 11.5 Å². The van der Waals surface area contributed by atoms with Gasteiger partial charge in [-0.15, -0.1) is 0 Å². The van der Waals surface area contributed by atoms with Gasteiger partial charge in [-0.1, -0.05) is 29.8 Å². The minimum Gasteiger partial charge on any atom is -0.494 e. The third-order valence-corrected chi connectivity index (χ3v) is 3.36. The topological polar surface area (TPSA) is 30.5 Å². The van der Waals surface area contributed by atoms with Gasteiger partial charge in [0.05, 0.1) is 18.9 Å². The summed E-state index contributed by atoms with van der Waals surface area (Å²) in [7, 11) is 0. The Kier molecular flexibility index (Phi) is 6.62. The van der Waals surface area contributed by atoms with Crippen LogP contribution in [-0.2, 0) is 0 Å². The lowest BCUT2D eigenvalue weighted by molar-refractivity contribution is 0.308. The molecule has 0 unspecified atom stereocenters. The molecule has 2 aromatic rings. The number of unbranched alkanes of at least 4 members (excludes halogenated alkanes) is 1. The molecule has 0 aromatic heterocycles. The lowest BCUT2D eigenvalue weighted by Crippen LogP contribution is -2.06. The fourth-order valence-corrected chi connectivity index (χ4v) is 2.17. The largest absolute Gasteiger partial charge is 0.494 e. The number of para-hydroxylation sites is 2. The van der Waals surface area contributed by atoms with Crippen LogP contribution in [0.15, 0.2) is 48.5 Å². The van der Waals surface area contributed by atoms with Crippen LogP contribution in [-0.4, -0.2) is 19.8 Å². The van der Waals surface area contributed by atoms with Gasteiger partial charge in [-0.3, -0.25) is 0 Å². The van der Waals surface area contributed by atoms with Crippen LogP contribution in [0.1, 0.15) is 25.3 Å². The quantitative estimate of drug-likeness (QED) is 0.683. The molecule has 0 radical (unpaired) electrons. The van der Waals surface area contributed by atoms with Crippen molar-refractivity contribution >= 4 is 5.69 Å². The van der Waals surface area contributed by atoms with E-state index in [0.29, 0.717) is 6.61 Å². The molecule has 2 rings (SSSR count). The van der Waals surface area contributed by atoms with E-state index in [9.17, 15) is 0 Å². The number of nitrogens with one attached hydrogen (secondary N) is 1. The zero-order valence-electron chi connectivity index (χ0n) is 13.5. The van der Waals surface area contributed by atoms with E-state index in [4.69, 9.17) is 9.47 Å². The second-order valence-electron chi connectivity index (χ2n) is 5.22. The SMILES string of the molecule is CCOc1ccccc1NCCCCOc1ccc(C)cc1. The molecular weight excluding hydrogens is 274 g/mol. The second kappa shape index (κ2) is 8.98. The number of rotatable bonds is 9. The smallest absolute Gasteiger partial charge is 0.142 e. The van der Waals surface area contributed by atoms with Gasteiger partial charge in [-0.25, -0.2) is 0 Å². The van der Waals surface area contributed by atoms with Crippen LogP contribution in [0.2, 0.25) is 0 Å². The highest BCUT2D eigenvalue weighted by molar-refractivity contribution is 5.56. The molecule has 22 heavy (non-hydrogen) atoms. The van der Waals surface area contributed by atoms with Gasteiger partial charge in [-0.2, -0.15) is 0 Å². The molecular formula is C19H25NO2. The van der Waals surface area contributed by atoms with Gasteiger partial charge in [0.1, 0.15) is 11.5 Å². The maximum Gasteiger partial charge on any atom is 0.142 e. The van der Waals surface area contributed by atoms with Crippen molar-refractivity contribution in [2.45, 2.75) is 26.7 Å². The molecule has 0 aliphatic heterocycles. The molecule has 0 amide bonds. The summed E-state index contributed by atoms with van der Waals surface area (Å²) in [5, 5.41) is 3.42. The molecule has 0 spiro atoms. The van der Waals surface area contributed by atoms with Crippen LogP contribution >= 0.6 is 0 Å². The fourth-order valence-electron chi connectivity index (χ4n) is 2.17. The Morgan fingerprint density at radius 2 is 1.68 bits per heavy atom. The molecule has 0 atom stereocenters. The van der Waals surface area contributed by atoms with Crippen molar-refractivity contribution in [3.63, 3.8) is 0 Å². The molecule has 0 heterocycles. The Bertz CT molecular complexity index is 552.